The molecule has 1 saturated heterocycles. The Morgan fingerprint density at radius 1 is 0.591 bits per heavy atom. The molecule has 12 atom stereocenters. The Morgan fingerprint density at radius 3 is 1.68 bits per heavy atom. The van der Waals surface area contributed by atoms with E-state index in [0.29, 0.717) is 5.56 Å². The number of carbonyl (C=O) groups excluding carboxylic acids is 12. The van der Waals surface area contributed by atoms with E-state index in [-0.39, 0.29) is 106 Å². The van der Waals surface area contributed by atoms with Gasteiger partial charge in [-0.2, -0.15) is 0 Å². The van der Waals surface area contributed by atoms with Crippen LogP contribution in [0.4, 0.5) is 0 Å². The van der Waals surface area contributed by atoms with Crippen LogP contribution in [0.2, 0.25) is 5.02 Å². The van der Waals surface area contributed by atoms with Crippen molar-refractivity contribution >= 4 is 82.5 Å². The maximum Gasteiger partial charge on any atom is 0.344 e. The van der Waals surface area contributed by atoms with Crippen LogP contribution in [-0.2, 0) is 54.4 Å². The molecule has 1 aromatic heterocycles. The molecule has 11 amide bonds. The van der Waals surface area contributed by atoms with E-state index in [1.54, 1.807) is 50.2 Å². The summed E-state index contributed by atoms with van der Waals surface area (Å²) in [4.78, 5) is 172. The summed E-state index contributed by atoms with van der Waals surface area (Å²) in [6, 6.07) is 1.27. The number of rotatable bonds is 26. The van der Waals surface area contributed by atoms with E-state index in [1.807, 2.05) is 0 Å². The number of carbonyl (C=O) groups is 12. The van der Waals surface area contributed by atoms with E-state index in [9.17, 15) is 67.7 Å². The number of hydrogen-bond acceptors (Lipinski definition) is 21. The second kappa shape index (κ2) is 38.9. The number of pyridine rings is 1. The first kappa shape index (κ1) is 76.7. The molecule has 3 aromatic rings. The number of nitrogens with one attached hydrogen (secondary N) is 11. The van der Waals surface area contributed by atoms with Gasteiger partial charge >= 0.3 is 5.97 Å². The Balaban J connectivity index is 1.68. The zero-order chi connectivity index (χ0) is 68.9. The Kier molecular flexibility index (Phi) is 32.1. The van der Waals surface area contributed by atoms with E-state index >= 15 is 0 Å². The standard InChI is InChI=1S/C60H88ClN17O15/c1-31(2)27-44-56(88)72-38(13-20-62)50(82)71-42(17-24-66)55(87)77-47(32(3)79)58(90)68-26-19-43(53(85)70-39(14-21-63)52(84)76-45(57(89)75-44)28-34-9-6-5-7-10-34)73-51(83)40(15-22-64)74-59(91)48(33(4)80)78-54(86)41(16-23-65)69-49(81)35-18-25-67-46(30-35)93-60(92)36-11-8-12-37(61)29-36/h5-12,18,25,29-33,38-45,47-48,79-80H,13-17,19-24,26-28,62-66H2,1-4H3,(H,68,90)(H,69,81)(H,70,85)(H,71,82)(H,72,88)(H,73,83)(H,74,91)(H,75,89)(H,76,84)(H,77,87)(H,78,86)/t32-,33?,38-,39-,40-,41-,42-,43-,44-,45+,47-,48-/m0/s1. The number of aromatic nitrogens is 1. The number of benzene rings is 2. The molecule has 0 saturated carbocycles. The van der Waals surface area contributed by atoms with Gasteiger partial charge in [-0.15, -0.1) is 0 Å². The van der Waals surface area contributed by atoms with Crippen molar-refractivity contribution in [2.75, 3.05) is 39.3 Å². The second-order valence-electron chi connectivity index (χ2n) is 22.5. The highest BCUT2D eigenvalue weighted by Crippen LogP contribution is 2.17. The fraction of sp³-hybridized carbons (Fsp3) is 0.517. The first-order valence-corrected chi connectivity index (χ1v) is 30.8. The van der Waals surface area contributed by atoms with Crippen molar-refractivity contribution in [2.45, 2.75) is 152 Å². The molecule has 0 bridgehead atoms. The lowest BCUT2D eigenvalue weighted by Crippen LogP contribution is -2.62. The number of halogens is 1. The van der Waals surface area contributed by atoms with Crippen LogP contribution < -0.4 is 91.9 Å². The third kappa shape index (κ3) is 25.0. The largest absolute Gasteiger partial charge is 0.404 e. The van der Waals surface area contributed by atoms with Crippen LogP contribution in [0.15, 0.2) is 72.9 Å². The summed E-state index contributed by atoms with van der Waals surface area (Å²) in [7, 11) is 0. The fourth-order valence-corrected chi connectivity index (χ4v) is 9.68. The molecule has 1 unspecified atom stereocenters. The van der Waals surface area contributed by atoms with Crippen molar-refractivity contribution in [3.8, 4) is 5.88 Å². The molecule has 23 N–H and O–H groups in total. The third-order valence-corrected chi connectivity index (χ3v) is 14.7. The van der Waals surface area contributed by atoms with Crippen molar-refractivity contribution in [3.05, 3.63) is 94.6 Å². The summed E-state index contributed by atoms with van der Waals surface area (Å²) in [5.74, 6) is -12.0. The Hall–Kier alpha value is -8.76. The summed E-state index contributed by atoms with van der Waals surface area (Å²) in [5, 5.41) is 49.7. The van der Waals surface area contributed by atoms with Gasteiger partial charge in [-0.05, 0) is 127 Å². The first-order chi connectivity index (χ1) is 44.2. The second-order valence-corrected chi connectivity index (χ2v) is 22.9. The van der Waals surface area contributed by atoms with E-state index in [0.717, 1.165) is 13.0 Å². The molecule has 2 aromatic carbocycles. The van der Waals surface area contributed by atoms with Crippen LogP contribution >= 0.6 is 11.6 Å². The van der Waals surface area contributed by atoms with Crippen LogP contribution in [0.25, 0.3) is 0 Å². The minimum atomic E-state index is -1.83. The molecule has 0 aliphatic carbocycles. The maximum atomic E-state index is 14.6. The topological polar surface area (TPSA) is 530 Å². The molecule has 510 valence electrons. The summed E-state index contributed by atoms with van der Waals surface area (Å²) < 4.78 is 5.31. The monoisotopic (exact) mass is 1320 g/mol. The van der Waals surface area contributed by atoms with Crippen molar-refractivity contribution in [3.63, 3.8) is 0 Å². The van der Waals surface area contributed by atoms with Gasteiger partial charge in [0.2, 0.25) is 65.0 Å². The molecule has 0 spiro atoms. The maximum absolute atomic E-state index is 14.6. The predicted octanol–water partition coefficient (Wildman–Crippen LogP) is -5.27. The number of nitrogens with two attached hydrogens (primary N) is 5. The quantitative estimate of drug-likeness (QED) is 0.0334. The average molecular weight is 1320 g/mol. The van der Waals surface area contributed by atoms with Crippen molar-refractivity contribution in [1.82, 2.24) is 63.5 Å². The Labute approximate surface area is 542 Å². The van der Waals surface area contributed by atoms with Gasteiger partial charge in [0.15, 0.2) is 0 Å². The minimum Gasteiger partial charge on any atom is -0.404 e. The Bertz CT molecular complexity index is 3050. The number of ether oxygens (including phenoxy) is 1. The molecule has 93 heavy (non-hydrogen) atoms. The Morgan fingerprint density at radius 2 is 1.13 bits per heavy atom. The number of amides is 11. The molecule has 2 heterocycles. The first-order valence-electron chi connectivity index (χ1n) is 30.4. The zero-order valence-corrected chi connectivity index (χ0v) is 53.0. The highest BCUT2D eigenvalue weighted by atomic mass is 35.5. The minimum absolute atomic E-state index is 0.0253. The van der Waals surface area contributed by atoms with Gasteiger partial charge in [0.1, 0.15) is 60.4 Å². The van der Waals surface area contributed by atoms with Gasteiger partial charge in [-0.1, -0.05) is 61.8 Å². The molecule has 1 aliphatic rings. The van der Waals surface area contributed by atoms with Gasteiger partial charge in [0, 0.05) is 35.8 Å². The molecule has 4 rings (SSSR count). The van der Waals surface area contributed by atoms with E-state index in [4.69, 9.17) is 45.0 Å². The predicted molar refractivity (Wildman–Crippen MR) is 338 cm³/mol. The molecule has 32 nitrogen and oxygen atoms in total. The van der Waals surface area contributed by atoms with Crippen LogP contribution in [0.1, 0.15) is 98.9 Å². The van der Waals surface area contributed by atoms with Gasteiger partial charge < -0.3 is 102 Å². The third-order valence-electron chi connectivity index (χ3n) is 14.4. The van der Waals surface area contributed by atoms with Crippen LogP contribution in [-0.4, -0.2) is 198 Å². The number of nitrogens with zero attached hydrogens (tertiary/aromatic N) is 1. The number of aliphatic hydroxyl groups is 2. The van der Waals surface area contributed by atoms with Crippen molar-refractivity contribution in [1.29, 1.82) is 0 Å². The van der Waals surface area contributed by atoms with Gasteiger partial charge in [-0.25, -0.2) is 9.78 Å². The molecular formula is C60H88ClN17O15. The number of aliphatic hydroxyl groups excluding tert-OH is 2. The highest BCUT2D eigenvalue weighted by molar-refractivity contribution is 6.31. The zero-order valence-electron chi connectivity index (χ0n) is 52.2. The van der Waals surface area contributed by atoms with Crippen molar-refractivity contribution < 1.29 is 72.5 Å². The molecule has 0 radical (unpaired) electrons. The molecule has 1 aliphatic heterocycles. The fourth-order valence-electron chi connectivity index (χ4n) is 9.49. The van der Waals surface area contributed by atoms with Crippen LogP contribution in [0.5, 0.6) is 5.88 Å². The molecule has 33 heteroatoms. The summed E-state index contributed by atoms with van der Waals surface area (Å²) in [5.41, 5.74) is 30.0. The number of esters is 1. The number of hydrogen-bond donors (Lipinski definition) is 18. The van der Waals surface area contributed by atoms with Crippen LogP contribution in [0, 0.1) is 5.92 Å². The normalized spacial score (nSPS) is 21.4. The highest BCUT2D eigenvalue weighted by Gasteiger charge is 2.38. The van der Waals surface area contributed by atoms with Crippen LogP contribution in [0.3, 0.4) is 0 Å². The van der Waals surface area contributed by atoms with Gasteiger partial charge in [-0.3, -0.25) is 52.7 Å². The lowest BCUT2D eigenvalue weighted by Gasteiger charge is -2.29. The van der Waals surface area contributed by atoms with Gasteiger partial charge in [0.05, 0.1) is 17.8 Å². The lowest BCUT2D eigenvalue weighted by atomic mass is 10.00. The van der Waals surface area contributed by atoms with E-state index < -0.39 is 157 Å². The summed E-state index contributed by atoms with van der Waals surface area (Å²) in [6.45, 7) is 4.39. The van der Waals surface area contributed by atoms with Gasteiger partial charge in [0.25, 0.3) is 5.91 Å². The molecular weight excluding hydrogens is 1230 g/mol. The molecule has 1 fully saturated rings. The van der Waals surface area contributed by atoms with E-state index in [2.05, 4.69) is 63.5 Å². The van der Waals surface area contributed by atoms with E-state index in [1.165, 1.54) is 37.4 Å². The summed E-state index contributed by atoms with van der Waals surface area (Å²) >= 11 is 6.00. The average Bonchev–Trinajstić information content (AvgIpc) is 1.36. The van der Waals surface area contributed by atoms with Crippen molar-refractivity contribution in [2.24, 2.45) is 34.6 Å². The SMILES string of the molecule is CC(C)C[C@@H]1NC(=O)[C@@H](Cc2ccccc2)NC(=O)[C@H](CCN)NC(=O)[C@@H](NC(=O)[C@H](CCN)NC(=O)[C@@H](NC(=O)[C@H](CCN)NC(=O)c2ccnc(OC(=O)c3cccc(Cl)c3)c2)C(C)O)CCNC(=O)[C@H]([C@H](C)O)NC(=O)[C@H](CCN)NC(=O)[C@H](CCN)NC1=O. The smallest absolute Gasteiger partial charge is 0.344 e. The summed E-state index contributed by atoms with van der Waals surface area (Å²) in [6.07, 6.45) is -3.88. The lowest BCUT2D eigenvalue weighted by molar-refractivity contribution is -0.136.